The van der Waals surface area contributed by atoms with Crippen molar-refractivity contribution in [3.63, 3.8) is 0 Å². The Morgan fingerprint density at radius 2 is 1.40 bits per heavy atom. The van der Waals surface area contributed by atoms with E-state index in [1.165, 1.54) is 32.1 Å². The summed E-state index contributed by atoms with van der Waals surface area (Å²) >= 11 is 0. The Morgan fingerprint density at radius 1 is 0.825 bits per heavy atom. The second-order valence-corrected chi connectivity index (χ2v) is 12.7. The van der Waals surface area contributed by atoms with Crippen molar-refractivity contribution < 1.29 is 35.9 Å². The molecule has 1 amide bonds. The molecule has 4 rings (SSSR count). The maximum Gasteiger partial charge on any atom is 0.391 e. The Morgan fingerprint density at radius 3 is 1.98 bits per heavy atom. The van der Waals surface area contributed by atoms with E-state index in [0.29, 0.717) is 6.04 Å². The SMILES string of the molecule is COC1CCCCC1C(C(=O)NCCC1CC(C(F)(F)F)CC(C(F)(F)F)C1)N1CCN(C2CCCCC2)CC1. The van der Waals surface area contributed by atoms with E-state index in [4.69, 9.17) is 4.74 Å². The van der Waals surface area contributed by atoms with Crippen LogP contribution in [-0.2, 0) is 9.53 Å². The molecular weight excluding hydrogens is 536 g/mol. The zero-order valence-electron chi connectivity index (χ0n) is 23.7. The molecule has 0 aromatic heterocycles. The van der Waals surface area contributed by atoms with Gasteiger partial charge in [0.05, 0.1) is 24.0 Å². The van der Waals surface area contributed by atoms with Crippen molar-refractivity contribution in [2.24, 2.45) is 23.7 Å². The van der Waals surface area contributed by atoms with Crippen LogP contribution in [0.4, 0.5) is 26.3 Å². The first-order valence-electron chi connectivity index (χ1n) is 15.4. The molecule has 232 valence electrons. The van der Waals surface area contributed by atoms with Crippen LogP contribution < -0.4 is 5.32 Å². The zero-order valence-corrected chi connectivity index (χ0v) is 23.7. The molecule has 3 saturated carbocycles. The predicted octanol–water partition coefficient (Wildman–Crippen LogP) is 6.17. The molecule has 1 aliphatic heterocycles. The fraction of sp³-hybridized carbons (Fsp3) is 0.966. The first-order valence-corrected chi connectivity index (χ1v) is 15.4. The Kier molecular flexibility index (Phi) is 11.1. The van der Waals surface area contributed by atoms with E-state index in [2.05, 4.69) is 15.1 Å². The van der Waals surface area contributed by atoms with Crippen LogP contribution >= 0.6 is 0 Å². The summed E-state index contributed by atoms with van der Waals surface area (Å²) in [7, 11) is 1.68. The number of rotatable bonds is 8. The maximum atomic E-state index is 13.7. The van der Waals surface area contributed by atoms with Crippen LogP contribution in [-0.4, -0.2) is 86.1 Å². The highest BCUT2D eigenvalue weighted by molar-refractivity contribution is 5.82. The number of amides is 1. The minimum absolute atomic E-state index is 0.0129. The van der Waals surface area contributed by atoms with Crippen molar-refractivity contribution in [3.8, 4) is 0 Å². The number of carbonyl (C=O) groups excluding carboxylic acids is 1. The molecule has 5 unspecified atom stereocenters. The summed E-state index contributed by atoms with van der Waals surface area (Å²) in [4.78, 5) is 18.5. The van der Waals surface area contributed by atoms with Crippen LogP contribution in [0.5, 0.6) is 0 Å². The van der Waals surface area contributed by atoms with Gasteiger partial charge in [-0.15, -0.1) is 0 Å². The number of piperazine rings is 1. The lowest BCUT2D eigenvalue weighted by Crippen LogP contribution is -2.60. The van der Waals surface area contributed by atoms with Crippen LogP contribution in [0.2, 0.25) is 0 Å². The second kappa shape index (κ2) is 13.9. The Bertz CT molecular complexity index is 774. The fourth-order valence-corrected chi connectivity index (χ4v) is 7.95. The number of methoxy groups -OCH3 is 1. The van der Waals surface area contributed by atoms with E-state index < -0.39 is 42.6 Å². The molecule has 5 nitrogen and oxygen atoms in total. The number of alkyl halides is 6. The van der Waals surface area contributed by atoms with E-state index in [0.717, 1.165) is 51.9 Å². The number of carbonyl (C=O) groups is 1. The summed E-state index contributed by atoms with van der Waals surface area (Å²) in [5.74, 6) is -4.79. The predicted molar refractivity (Wildman–Crippen MR) is 141 cm³/mol. The van der Waals surface area contributed by atoms with Gasteiger partial charge in [-0.2, -0.15) is 26.3 Å². The highest BCUT2D eigenvalue weighted by atomic mass is 19.4. The van der Waals surface area contributed by atoms with Gasteiger partial charge < -0.3 is 10.1 Å². The molecule has 1 saturated heterocycles. The van der Waals surface area contributed by atoms with Crippen LogP contribution in [0.15, 0.2) is 0 Å². The van der Waals surface area contributed by atoms with E-state index in [-0.39, 0.29) is 43.7 Å². The molecule has 0 spiro atoms. The highest BCUT2D eigenvalue weighted by Gasteiger charge is 2.51. The topological polar surface area (TPSA) is 44.8 Å². The molecule has 11 heteroatoms. The van der Waals surface area contributed by atoms with Crippen LogP contribution in [0.3, 0.4) is 0 Å². The van der Waals surface area contributed by atoms with Gasteiger partial charge in [-0.25, -0.2) is 0 Å². The molecule has 0 aromatic rings. The van der Waals surface area contributed by atoms with Gasteiger partial charge in [0.15, 0.2) is 0 Å². The smallest absolute Gasteiger partial charge is 0.381 e. The summed E-state index contributed by atoms with van der Waals surface area (Å²) in [6.45, 7) is 3.42. The lowest BCUT2D eigenvalue weighted by Gasteiger charge is -2.46. The molecule has 3 aliphatic carbocycles. The van der Waals surface area contributed by atoms with Crippen LogP contribution in [0.1, 0.15) is 83.5 Å². The first kappa shape index (κ1) is 31.9. The van der Waals surface area contributed by atoms with Crippen LogP contribution in [0, 0.1) is 23.7 Å². The lowest BCUT2D eigenvalue weighted by atomic mass is 9.73. The van der Waals surface area contributed by atoms with Crippen molar-refractivity contribution >= 4 is 5.91 Å². The van der Waals surface area contributed by atoms with Gasteiger partial charge in [-0.3, -0.25) is 14.6 Å². The molecule has 4 fully saturated rings. The standard InChI is InChI=1S/C29H47F6N3O2/c1-40-25-10-6-5-9-24(25)26(38-15-13-37(14-16-38)23-7-3-2-4-8-23)27(39)36-12-11-20-17-21(28(30,31)32)19-22(18-20)29(33,34)35/h20-26H,2-19H2,1H3,(H,36,39). The summed E-state index contributed by atoms with van der Waals surface area (Å²) < 4.78 is 86.2. The number of hydrogen-bond acceptors (Lipinski definition) is 4. The zero-order chi connectivity index (χ0) is 28.9. The molecule has 40 heavy (non-hydrogen) atoms. The third kappa shape index (κ3) is 8.27. The number of halogens is 6. The van der Waals surface area contributed by atoms with E-state index in [1.807, 2.05) is 0 Å². The minimum atomic E-state index is -4.65. The average Bonchev–Trinajstić information content (AvgIpc) is 2.93. The molecule has 1 heterocycles. The van der Waals surface area contributed by atoms with Crippen molar-refractivity contribution in [1.29, 1.82) is 0 Å². The molecule has 1 N–H and O–H groups in total. The molecule has 0 radical (unpaired) electrons. The number of nitrogens with one attached hydrogen (secondary N) is 1. The van der Waals surface area contributed by atoms with Gasteiger partial charge in [0, 0.05) is 51.8 Å². The quantitative estimate of drug-likeness (QED) is 0.347. The second-order valence-electron chi connectivity index (χ2n) is 12.7. The molecule has 0 bridgehead atoms. The first-order chi connectivity index (χ1) is 19.0. The van der Waals surface area contributed by atoms with Gasteiger partial charge in [0.1, 0.15) is 0 Å². The van der Waals surface area contributed by atoms with E-state index in [9.17, 15) is 31.1 Å². The third-order valence-corrected chi connectivity index (χ3v) is 10.1. The van der Waals surface area contributed by atoms with E-state index >= 15 is 0 Å². The van der Waals surface area contributed by atoms with E-state index in [1.54, 1.807) is 7.11 Å². The van der Waals surface area contributed by atoms with Gasteiger partial charge in [-0.05, 0) is 57.3 Å². The average molecular weight is 584 g/mol. The van der Waals surface area contributed by atoms with Crippen molar-refractivity contribution in [1.82, 2.24) is 15.1 Å². The summed E-state index contributed by atoms with van der Waals surface area (Å²) in [5, 5.41) is 2.94. The van der Waals surface area contributed by atoms with Gasteiger partial charge in [0.2, 0.25) is 5.91 Å². The van der Waals surface area contributed by atoms with Crippen LogP contribution in [0.25, 0.3) is 0 Å². The summed E-state index contributed by atoms with van der Waals surface area (Å²) in [6, 6.07) is 0.206. The molecule has 5 atom stereocenters. The number of ether oxygens (including phenoxy) is 1. The maximum absolute atomic E-state index is 13.7. The van der Waals surface area contributed by atoms with Crippen molar-refractivity contribution in [3.05, 3.63) is 0 Å². The third-order valence-electron chi connectivity index (χ3n) is 10.1. The minimum Gasteiger partial charge on any atom is -0.381 e. The fourth-order valence-electron chi connectivity index (χ4n) is 7.95. The normalized spacial score (nSPS) is 33.0. The highest BCUT2D eigenvalue weighted by Crippen LogP contribution is 2.48. The van der Waals surface area contributed by atoms with Gasteiger partial charge in [0.25, 0.3) is 0 Å². The Hall–Kier alpha value is -1.07. The summed E-state index contributed by atoms with van der Waals surface area (Å²) in [6.07, 6.45) is -0.661. The largest absolute Gasteiger partial charge is 0.391 e. The van der Waals surface area contributed by atoms with Crippen molar-refractivity contribution in [2.75, 3.05) is 39.8 Å². The number of hydrogen-bond donors (Lipinski definition) is 1. The molecular formula is C29H47F6N3O2. The molecule has 0 aromatic carbocycles. The Labute approximate surface area is 234 Å². The number of nitrogens with zero attached hydrogens (tertiary/aromatic N) is 2. The van der Waals surface area contributed by atoms with Gasteiger partial charge in [-0.1, -0.05) is 32.1 Å². The summed E-state index contributed by atoms with van der Waals surface area (Å²) in [5.41, 5.74) is 0. The van der Waals surface area contributed by atoms with Crippen molar-refractivity contribution in [2.45, 2.75) is 114 Å². The van der Waals surface area contributed by atoms with Gasteiger partial charge >= 0.3 is 12.4 Å². The monoisotopic (exact) mass is 583 g/mol. The Balaban J connectivity index is 1.38. The molecule has 4 aliphatic rings. The lowest BCUT2D eigenvalue weighted by molar-refractivity contribution is -0.228.